The second-order valence-electron chi connectivity index (χ2n) is 9.09. The van der Waals surface area contributed by atoms with Crippen LogP contribution in [0.5, 0.6) is 5.75 Å². The van der Waals surface area contributed by atoms with Crippen molar-refractivity contribution in [3.8, 4) is 5.75 Å². The summed E-state index contributed by atoms with van der Waals surface area (Å²) in [7, 11) is 0. The van der Waals surface area contributed by atoms with Crippen LogP contribution in [0.3, 0.4) is 0 Å². The van der Waals surface area contributed by atoms with Crippen molar-refractivity contribution in [2.75, 3.05) is 43.4 Å². The van der Waals surface area contributed by atoms with Crippen molar-refractivity contribution in [1.29, 1.82) is 0 Å². The fourth-order valence-electron chi connectivity index (χ4n) is 4.17. The molecule has 0 bridgehead atoms. The van der Waals surface area contributed by atoms with Gasteiger partial charge in [0, 0.05) is 49.0 Å². The number of carbonyl (C=O) groups is 2. The lowest BCUT2D eigenvalue weighted by Gasteiger charge is -2.33. The molecule has 39 heavy (non-hydrogen) atoms. The molecule has 0 unspecified atom stereocenters. The minimum Gasteiger partial charge on any atom is -0.489 e. The number of anilines is 3. The Labute approximate surface area is 230 Å². The number of ether oxygens (including phenoxy) is 1. The number of nitrogens with zero attached hydrogens (tertiary/aromatic N) is 3. The molecule has 0 aliphatic carbocycles. The largest absolute Gasteiger partial charge is 0.489 e. The van der Waals surface area contributed by atoms with Crippen LogP contribution in [0, 0.1) is 5.82 Å². The van der Waals surface area contributed by atoms with Gasteiger partial charge in [-0.15, -0.1) is 11.3 Å². The molecule has 200 valence electrons. The SMILES string of the molecule is O=C(CN1CCN(C(=O)c2csc(Nc3ccc(F)cc3)n2)CC1)Nc1cccc(OCc2ccccc2)c1. The Morgan fingerprint density at radius 3 is 2.46 bits per heavy atom. The minimum atomic E-state index is -0.314. The van der Waals surface area contributed by atoms with Crippen LogP contribution in [0.15, 0.2) is 84.2 Å². The molecule has 0 radical (unpaired) electrons. The van der Waals surface area contributed by atoms with Crippen LogP contribution >= 0.6 is 11.3 Å². The van der Waals surface area contributed by atoms with Gasteiger partial charge in [0.25, 0.3) is 5.91 Å². The van der Waals surface area contributed by atoms with Crippen molar-refractivity contribution < 1.29 is 18.7 Å². The Morgan fingerprint density at radius 1 is 0.923 bits per heavy atom. The van der Waals surface area contributed by atoms with E-state index in [4.69, 9.17) is 4.74 Å². The van der Waals surface area contributed by atoms with Crippen molar-refractivity contribution in [2.24, 2.45) is 0 Å². The number of rotatable bonds is 9. The smallest absolute Gasteiger partial charge is 0.273 e. The molecule has 5 rings (SSSR count). The lowest BCUT2D eigenvalue weighted by Crippen LogP contribution is -2.50. The van der Waals surface area contributed by atoms with Gasteiger partial charge < -0.3 is 20.3 Å². The van der Waals surface area contributed by atoms with Gasteiger partial charge in [0.1, 0.15) is 23.9 Å². The van der Waals surface area contributed by atoms with Gasteiger partial charge in [-0.05, 0) is 42.0 Å². The summed E-state index contributed by atoms with van der Waals surface area (Å²) in [4.78, 5) is 33.8. The summed E-state index contributed by atoms with van der Waals surface area (Å²) < 4.78 is 19.0. The van der Waals surface area contributed by atoms with E-state index >= 15 is 0 Å². The predicted molar refractivity (Wildman–Crippen MR) is 150 cm³/mol. The van der Waals surface area contributed by atoms with Crippen LogP contribution < -0.4 is 15.4 Å². The summed E-state index contributed by atoms with van der Waals surface area (Å²) in [6.45, 7) is 2.88. The van der Waals surface area contributed by atoms with Gasteiger partial charge in [-0.2, -0.15) is 0 Å². The summed E-state index contributed by atoms with van der Waals surface area (Å²) in [5.41, 5.74) is 2.81. The van der Waals surface area contributed by atoms with E-state index < -0.39 is 0 Å². The van der Waals surface area contributed by atoms with Gasteiger partial charge in [-0.25, -0.2) is 9.37 Å². The number of amides is 2. The number of halogens is 1. The zero-order chi connectivity index (χ0) is 27.0. The predicted octanol–water partition coefficient (Wildman–Crippen LogP) is 5.00. The Hall–Kier alpha value is -4.28. The molecule has 1 saturated heterocycles. The molecule has 0 saturated carbocycles. The molecule has 1 fully saturated rings. The number of aromatic nitrogens is 1. The van der Waals surface area contributed by atoms with E-state index in [9.17, 15) is 14.0 Å². The van der Waals surface area contributed by atoms with E-state index in [1.807, 2.05) is 59.5 Å². The zero-order valence-corrected chi connectivity index (χ0v) is 22.0. The van der Waals surface area contributed by atoms with Gasteiger partial charge in [-0.3, -0.25) is 14.5 Å². The topological polar surface area (TPSA) is 86.8 Å². The minimum absolute atomic E-state index is 0.119. The third-order valence-corrected chi connectivity index (χ3v) is 6.97. The summed E-state index contributed by atoms with van der Waals surface area (Å²) in [5.74, 6) is 0.105. The fourth-order valence-corrected chi connectivity index (χ4v) is 4.87. The summed E-state index contributed by atoms with van der Waals surface area (Å²) in [6, 6.07) is 23.2. The first-order valence-electron chi connectivity index (χ1n) is 12.6. The first kappa shape index (κ1) is 26.3. The van der Waals surface area contributed by atoms with Crippen LogP contribution in [-0.4, -0.2) is 59.3 Å². The molecule has 1 aromatic heterocycles. The third kappa shape index (κ3) is 7.40. The molecule has 8 nitrogen and oxygen atoms in total. The van der Waals surface area contributed by atoms with Crippen molar-refractivity contribution in [1.82, 2.24) is 14.8 Å². The van der Waals surface area contributed by atoms with Crippen molar-refractivity contribution in [2.45, 2.75) is 6.61 Å². The highest BCUT2D eigenvalue weighted by molar-refractivity contribution is 7.14. The zero-order valence-electron chi connectivity index (χ0n) is 21.2. The van der Waals surface area contributed by atoms with E-state index in [0.29, 0.717) is 60.7 Å². The van der Waals surface area contributed by atoms with Crippen LogP contribution in [0.4, 0.5) is 20.9 Å². The lowest BCUT2D eigenvalue weighted by atomic mass is 10.2. The number of thiazole rings is 1. The molecule has 1 aliphatic rings. The highest BCUT2D eigenvalue weighted by Gasteiger charge is 2.25. The van der Waals surface area contributed by atoms with Gasteiger partial charge >= 0.3 is 0 Å². The average Bonchev–Trinajstić information content (AvgIpc) is 3.42. The number of carbonyl (C=O) groups excluding carboxylic acids is 2. The van der Waals surface area contributed by atoms with Gasteiger partial charge in [0.2, 0.25) is 5.91 Å². The number of benzene rings is 3. The van der Waals surface area contributed by atoms with Crippen LogP contribution in [0.1, 0.15) is 16.1 Å². The molecule has 2 heterocycles. The molecule has 3 aromatic carbocycles. The first-order chi connectivity index (χ1) is 19.0. The molecule has 2 N–H and O–H groups in total. The second kappa shape index (κ2) is 12.5. The Bertz CT molecular complexity index is 1410. The maximum Gasteiger partial charge on any atom is 0.273 e. The van der Waals surface area contributed by atoms with Crippen molar-refractivity contribution >= 4 is 39.7 Å². The van der Waals surface area contributed by atoms with E-state index in [2.05, 4.69) is 15.6 Å². The molecule has 4 aromatic rings. The fraction of sp³-hybridized carbons (Fsp3) is 0.207. The quantitative estimate of drug-likeness (QED) is 0.308. The monoisotopic (exact) mass is 545 g/mol. The summed E-state index contributed by atoms with van der Waals surface area (Å²) in [5, 5.41) is 8.30. The Kier molecular flexibility index (Phi) is 8.45. The normalized spacial score (nSPS) is 13.6. The number of hydrogen-bond acceptors (Lipinski definition) is 7. The molecule has 1 aliphatic heterocycles. The van der Waals surface area contributed by atoms with Crippen molar-refractivity contribution in [3.63, 3.8) is 0 Å². The number of hydrogen-bond donors (Lipinski definition) is 2. The van der Waals surface area contributed by atoms with Crippen LogP contribution in [-0.2, 0) is 11.4 Å². The molecular weight excluding hydrogens is 517 g/mol. The maximum absolute atomic E-state index is 13.1. The third-order valence-electron chi connectivity index (χ3n) is 6.21. The molecule has 0 spiro atoms. The standard InChI is InChI=1S/C29H28FN5O3S/c30-22-9-11-23(12-10-22)32-29-33-26(20-39-29)28(37)35-15-13-34(14-16-35)18-27(36)31-24-7-4-8-25(17-24)38-19-21-5-2-1-3-6-21/h1-12,17,20H,13-16,18-19H2,(H,31,36)(H,32,33). The molecule has 0 atom stereocenters. The van der Waals surface area contributed by atoms with E-state index in [1.54, 1.807) is 22.4 Å². The highest BCUT2D eigenvalue weighted by Crippen LogP contribution is 2.23. The maximum atomic E-state index is 13.1. The van der Waals surface area contributed by atoms with Gasteiger partial charge in [0.05, 0.1) is 6.54 Å². The molecular formula is C29H28FN5O3S. The number of piperazine rings is 1. The van der Waals surface area contributed by atoms with Crippen LogP contribution in [0.25, 0.3) is 0 Å². The summed E-state index contributed by atoms with van der Waals surface area (Å²) >= 11 is 1.32. The van der Waals surface area contributed by atoms with E-state index in [-0.39, 0.29) is 24.2 Å². The Morgan fingerprint density at radius 2 is 1.69 bits per heavy atom. The lowest BCUT2D eigenvalue weighted by molar-refractivity contribution is -0.117. The highest BCUT2D eigenvalue weighted by atomic mass is 32.1. The van der Waals surface area contributed by atoms with Gasteiger partial charge in [-0.1, -0.05) is 36.4 Å². The first-order valence-corrected chi connectivity index (χ1v) is 13.5. The average molecular weight is 546 g/mol. The second-order valence-corrected chi connectivity index (χ2v) is 9.95. The Balaban J connectivity index is 1.06. The van der Waals surface area contributed by atoms with Crippen molar-refractivity contribution in [3.05, 3.63) is 101 Å². The van der Waals surface area contributed by atoms with Gasteiger partial charge in [0.15, 0.2) is 5.13 Å². The summed E-state index contributed by atoms with van der Waals surface area (Å²) in [6.07, 6.45) is 0. The molecule has 2 amide bonds. The molecule has 10 heteroatoms. The van der Waals surface area contributed by atoms with E-state index in [1.165, 1.54) is 23.5 Å². The van der Waals surface area contributed by atoms with Crippen LogP contribution in [0.2, 0.25) is 0 Å². The number of nitrogens with one attached hydrogen (secondary N) is 2. The van der Waals surface area contributed by atoms with E-state index in [0.717, 1.165) is 5.56 Å².